The van der Waals surface area contributed by atoms with Gasteiger partial charge in [-0.15, -0.1) is 0 Å². The van der Waals surface area contributed by atoms with Gasteiger partial charge in [-0.3, -0.25) is 9.07 Å². The molecule has 0 saturated carbocycles. The zero-order valence-electron chi connectivity index (χ0n) is 9.97. The van der Waals surface area contributed by atoms with Crippen LogP contribution in [0.1, 0.15) is 36.3 Å². The molecular weight excluding hydrogens is 193 g/mol. The van der Waals surface area contributed by atoms with Crippen LogP contribution in [0, 0.1) is 13.8 Å². The Bertz CT molecular complexity index is 320. The van der Waals surface area contributed by atoms with E-state index in [1.165, 1.54) is 5.56 Å². The molecule has 0 aliphatic heterocycles. The predicted molar refractivity (Wildman–Crippen MR) is 59.8 cm³/mol. The van der Waals surface area contributed by atoms with Crippen molar-refractivity contribution in [2.75, 3.05) is 13.7 Å². The number of nitrogens with zero attached hydrogens (tertiary/aromatic N) is 2. The highest BCUT2D eigenvalue weighted by Gasteiger charge is 2.15. The van der Waals surface area contributed by atoms with Crippen LogP contribution in [0.3, 0.4) is 0 Å². The van der Waals surface area contributed by atoms with Gasteiger partial charge in [0.25, 0.3) is 0 Å². The minimum absolute atomic E-state index is 0.282. The highest BCUT2D eigenvalue weighted by molar-refractivity contribution is 5.27. The Morgan fingerprint density at radius 1 is 1.47 bits per heavy atom. The van der Waals surface area contributed by atoms with Gasteiger partial charge in [-0.25, -0.2) is 0 Å². The summed E-state index contributed by atoms with van der Waals surface area (Å²) in [6.45, 7) is 6.54. The van der Waals surface area contributed by atoms with Crippen LogP contribution in [0.4, 0.5) is 4.39 Å². The van der Waals surface area contributed by atoms with Crippen molar-refractivity contribution in [3.8, 4) is 0 Å². The van der Waals surface area contributed by atoms with Gasteiger partial charge in [-0.05, 0) is 34.2 Å². The number of aryl methyl sites for hydroxylation is 2. The molecule has 3 nitrogen and oxygen atoms in total. The second-order valence-electron chi connectivity index (χ2n) is 3.86. The van der Waals surface area contributed by atoms with E-state index in [1.54, 1.807) is 0 Å². The van der Waals surface area contributed by atoms with Crippen LogP contribution in [0.25, 0.3) is 0 Å². The van der Waals surface area contributed by atoms with Crippen LogP contribution in [0.5, 0.6) is 0 Å². The lowest BCUT2D eigenvalue weighted by Crippen LogP contribution is -2.14. The first-order chi connectivity index (χ1) is 7.11. The molecule has 1 heterocycles. The van der Waals surface area contributed by atoms with Gasteiger partial charge in [0.05, 0.1) is 12.4 Å². The lowest BCUT2D eigenvalue weighted by atomic mass is 10.1. The summed E-state index contributed by atoms with van der Waals surface area (Å²) in [6, 6.07) is 0.295. The van der Waals surface area contributed by atoms with Crippen LogP contribution >= 0.6 is 0 Å². The van der Waals surface area contributed by atoms with Gasteiger partial charge in [0.15, 0.2) is 0 Å². The third-order valence-electron chi connectivity index (χ3n) is 2.81. The van der Waals surface area contributed by atoms with Gasteiger partial charge in [-0.1, -0.05) is 0 Å². The summed E-state index contributed by atoms with van der Waals surface area (Å²) in [4.78, 5) is 0. The number of nitrogens with one attached hydrogen (secondary N) is 1. The standard InChI is InChI=1S/C11H20FN3/c1-8(13-4)11-9(2)14-15(10(11)3)7-5-6-12/h8,13H,5-7H2,1-4H3. The fraction of sp³-hybridized carbons (Fsp3) is 0.727. The van der Waals surface area contributed by atoms with Crippen molar-refractivity contribution in [1.29, 1.82) is 0 Å². The number of rotatable bonds is 5. The van der Waals surface area contributed by atoms with Gasteiger partial charge < -0.3 is 5.32 Å². The van der Waals surface area contributed by atoms with Gasteiger partial charge in [0.2, 0.25) is 0 Å². The van der Waals surface area contributed by atoms with Crippen molar-refractivity contribution < 1.29 is 4.39 Å². The molecule has 0 fully saturated rings. The number of aromatic nitrogens is 2. The highest BCUT2D eigenvalue weighted by atomic mass is 19.1. The molecule has 1 aromatic rings. The predicted octanol–water partition coefficient (Wildman–Crippen LogP) is 2.14. The van der Waals surface area contributed by atoms with Crippen molar-refractivity contribution in [3.05, 3.63) is 17.0 Å². The summed E-state index contributed by atoms with van der Waals surface area (Å²) < 4.78 is 14.0. The fourth-order valence-electron chi connectivity index (χ4n) is 1.91. The monoisotopic (exact) mass is 213 g/mol. The smallest absolute Gasteiger partial charge is 0.0912 e. The molecule has 4 heteroatoms. The molecular formula is C11H20FN3. The number of hydrogen-bond acceptors (Lipinski definition) is 2. The Kier molecular flexibility index (Phi) is 4.27. The first kappa shape index (κ1) is 12.2. The molecule has 0 aromatic carbocycles. The zero-order chi connectivity index (χ0) is 11.4. The SMILES string of the molecule is CNC(C)c1c(C)nn(CCCF)c1C. The second kappa shape index (κ2) is 5.26. The Morgan fingerprint density at radius 3 is 2.67 bits per heavy atom. The Morgan fingerprint density at radius 2 is 2.13 bits per heavy atom. The Labute approximate surface area is 90.7 Å². The van der Waals surface area contributed by atoms with Gasteiger partial charge >= 0.3 is 0 Å². The number of alkyl halides is 1. The van der Waals surface area contributed by atoms with E-state index in [2.05, 4.69) is 17.3 Å². The third kappa shape index (κ3) is 2.56. The van der Waals surface area contributed by atoms with Crippen molar-refractivity contribution in [3.63, 3.8) is 0 Å². The largest absolute Gasteiger partial charge is 0.313 e. The van der Waals surface area contributed by atoms with Crippen LogP contribution in [0.2, 0.25) is 0 Å². The minimum Gasteiger partial charge on any atom is -0.313 e. The van der Waals surface area contributed by atoms with Crippen LogP contribution in [-0.4, -0.2) is 23.5 Å². The maximum atomic E-state index is 12.1. The molecule has 1 aromatic heterocycles. The average molecular weight is 213 g/mol. The van der Waals surface area contributed by atoms with E-state index in [4.69, 9.17) is 0 Å². The van der Waals surface area contributed by atoms with Crippen molar-refractivity contribution in [2.45, 2.75) is 39.8 Å². The topological polar surface area (TPSA) is 29.9 Å². The number of halogens is 1. The molecule has 0 aliphatic rings. The van der Waals surface area contributed by atoms with E-state index in [-0.39, 0.29) is 6.67 Å². The summed E-state index contributed by atoms with van der Waals surface area (Å²) in [6.07, 6.45) is 0.537. The van der Waals surface area contributed by atoms with Crippen molar-refractivity contribution in [1.82, 2.24) is 15.1 Å². The van der Waals surface area contributed by atoms with Gasteiger partial charge in [-0.2, -0.15) is 5.10 Å². The molecule has 1 unspecified atom stereocenters. The molecule has 0 bridgehead atoms. The summed E-state index contributed by atoms with van der Waals surface area (Å²) >= 11 is 0. The molecule has 86 valence electrons. The maximum absolute atomic E-state index is 12.1. The quantitative estimate of drug-likeness (QED) is 0.812. The first-order valence-corrected chi connectivity index (χ1v) is 5.39. The lowest BCUT2D eigenvalue weighted by molar-refractivity contribution is 0.431. The second-order valence-corrected chi connectivity index (χ2v) is 3.86. The van der Waals surface area contributed by atoms with E-state index >= 15 is 0 Å². The molecule has 1 N–H and O–H groups in total. The van der Waals surface area contributed by atoms with E-state index in [1.807, 2.05) is 25.6 Å². The summed E-state index contributed by atoms with van der Waals surface area (Å²) in [5, 5.41) is 7.63. The molecule has 0 radical (unpaired) electrons. The molecule has 0 spiro atoms. The van der Waals surface area contributed by atoms with Gasteiger partial charge in [0, 0.05) is 23.8 Å². The molecule has 0 saturated heterocycles. The van der Waals surface area contributed by atoms with Gasteiger partial charge in [0.1, 0.15) is 0 Å². The molecule has 1 atom stereocenters. The zero-order valence-corrected chi connectivity index (χ0v) is 9.97. The van der Waals surface area contributed by atoms with E-state index < -0.39 is 0 Å². The van der Waals surface area contributed by atoms with Crippen LogP contribution < -0.4 is 5.32 Å². The van der Waals surface area contributed by atoms with Crippen LogP contribution in [-0.2, 0) is 6.54 Å². The number of hydrogen-bond donors (Lipinski definition) is 1. The third-order valence-corrected chi connectivity index (χ3v) is 2.81. The summed E-state index contributed by atoms with van der Waals surface area (Å²) in [5.74, 6) is 0. The Balaban J connectivity index is 2.93. The van der Waals surface area contributed by atoms with Crippen molar-refractivity contribution >= 4 is 0 Å². The van der Waals surface area contributed by atoms with Crippen molar-refractivity contribution in [2.24, 2.45) is 0 Å². The normalized spacial score (nSPS) is 13.1. The molecule has 0 amide bonds. The minimum atomic E-state index is -0.282. The Hall–Kier alpha value is -0.900. The van der Waals surface area contributed by atoms with E-state index in [0.717, 1.165) is 11.4 Å². The fourth-order valence-corrected chi connectivity index (χ4v) is 1.91. The van der Waals surface area contributed by atoms with E-state index in [0.29, 0.717) is 19.0 Å². The molecule has 1 rings (SSSR count). The summed E-state index contributed by atoms with van der Waals surface area (Å²) in [7, 11) is 1.93. The van der Waals surface area contributed by atoms with E-state index in [9.17, 15) is 4.39 Å². The molecule has 0 aliphatic carbocycles. The molecule has 15 heavy (non-hydrogen) atoms. The average Bonchev–Trinajstić information content (AvgIpc) is 2.50. The highest BCUT2D eigenvalue weighted by Crippen LogP contribution is 2.20. The first-order valence-electron chi connectivity index (χ1n) is 5.39. The lowest BCUT2D eigenvalue weighted by Gasteiger charge is -2.11. The summed E-state index contributed by atoms with van der Waals surface area (Å²) in [5.41, 5.74) is 3.41. The maximum Gasteiger partial charge on any atom is 0.0912 e. The van der Waals surface area contributed by atoms with Crippen LogP contribution in [0.15, 0.2) is 0 Å².